The molecule has 1 atom stereocenters. The number of rotatable bonds is 6. The molecule has 0 saturated heterocycles. The van der Waals surface area contributed by atoms with Crippen molar-refractivity contribution in [2.24, 2.45) is 0 Å². The number of benzene rings is 1. The molecule has 0 bridgehead atoms. The molecular weight excluding hydrogens is 350 g/mol. The summed E-state index contributed by atoms with van der Waals surface area (Å²) in [5.41, 5.74) is 3.55. The third-order valence-electron chi connectivity index (χ3n) is 3.62. The Bertz CT molecular complexity index is 603. The SMILES string of the molecule is CCCNC(Cc1cc(Br)cc2c1OCC2)c1csnn1. The molecule has 3 rings (SSSR count). The van der Waals surface area contributed by atoms with Crippen LogP contribution < -0.4 is 10.1 Å². The molecule has 1 N–H and O–H groups in total. The molecule has 0 aliphatic carbocycles. The fourth-order valence-corrected chi connectivity index (χ4v) is 3.70. The summed E-state index contributed by atoms with van der Waals surface area (Å²) >= 11 is 5.00. The first-order valence-electron chi connectivity index (χ1n) is 7.22. The van der Waals surface area contributed by atoms with Crippen LogP contribution in [0.3, 0.4) is 0 Å². The van der Waals surface area contributed by atoms with Crippen molar-refractivity contribution in [2.45, 2.75) is 32.2 Å². The highest BCUT2D eigenvalue weighted by Gasteiger charge is 2.22. The summed E-state index contributed by atoms with van der Waals surface area (Å²) in [5, 5.41) is 9.82. The van der Waals surface area contributed by atoms with Crippen LogP contribution in [0, 0.1) is 0 Å². The van der Waals surface area contributed by atoms with Crippen LogP contribution in [0.15, 0.2) is 22.0 Å². The first kappa shape index (κ1) is 14.9. The Morgan fingerprint density at radius 1 is 1.48 bits per heavy atom. The molecule has 1 aromatic heterocycles. The van der Waals surface area contributed by atoms with E-state index in [1.807, 2.05) is 5.38 Å². The number of nitrogens with one attached hydrogen (secondary N) is 1. The van der Waals surface area contributed by atoms with Crippen LogP contribution in [-0.4, -0.2) is 22.7 Å². The van der Waals surface area contributed by atoms with Crippen molar-refractivity contribution in [2.75, 3.05) is 13.2 Å². The van der Waals surface area contributed by atoms with Crippen molar-refractivity contribution in [1.82, 2.24) is 14.9 Å². The van der Waals surface area contributed by atoms with E-state index in [1.54, 1.807) is 0 Å². The largest absolute Gasteiger partial charge is 0.493 e. The lowest BCUT2D eigenvalue weighted by molar-refractivity contribution is 0.351. The first-order valence-corrected chi connectivity index (χ1v) is 8.85. The molecule has 0 amide bonds. The van der Waals surface area contributed by atoms with E-state index in [2.05, 4.69) is 49.9 Å². The van der Waals surface area contributed by atoms with Gasteiger partial charge in [-0.05, 0) is 54.2 Å². The van der Waals surface area contributed by atoms with Gasteiger partial charge in [0.05, 0.1) is 18.3 Å². The fourth-order valence-electron chi connectivity index (χ4n) is 2.64. The van der Waals surface area contributed by atoms with Crippen molar-refractivity contribution >= 4 is 27.5 Å². The van der Waals surface area contributed by atoms with Crippen LogP contribution in [0.2, 0.25) is 0 Å². The molecule has 1 aliphatic heterocycles. The minimum atomic E-state index is 0.186. The van der Waals surface area contributed by atoms with Crippen molar-refractivity contribution in [3.8, 4) is 5.75 Å². The lowest BCUT2D eigenvalue weighted by Crippen LogP contribution is -2.24. The number of fused-ring (bicyclic) bond motifs is 1. The second-order valence-electron chi connectivity index (χ2n) is 5.19. The Balaban J connectivity index is 1.86. The highest BCUT2D eigenvalue weighted by Crippen LogP contribution is 2.35. The zero-order chi connectivity index (χ0) is 14.7. The predicted molar refractivity (Wildman–Crippen MR) is 88.0 cm³/mol. The quantitative estimate of drug-likeness (QED) is 0.848. The highest BCUT2D eigenvalue weighted by molar-refractivity contribution is 9.10. The summed E-state index contributed by atoms with van der Waals surface area (Å²) in [6, 6.07) is 4.50. The van der Waals surface area contributed by atoms with Crippen LogP contribution in [0.5, 0.6) is 5.75 Å². The maximum Gasteiger partial charge on any atom is 0.125 e. The Morgan fingerprint density at radius 3 is 3.14 bits per heavy atom. The monoisotopic (exact) mass is 367 g/mol. The van der Waals surface area contributed by atoms with E-state index < -0.39 is 0 Å². The number of nitrogens with zero attached hydrogens (tertiary/aromatic N) is 2. The maximum atomic E-state index is 5.83. The van der Waals surface area contributed by atoms with E-state index in [0.717, 1.165) is 48.3 Å². The Kier molecular flexibility index (Phi) is 4.87. The summed E-state index contributed by atoms with van der Waals surface area (Å²) in [4.78, 5) is 0. The normalized spacial score (nSPS) is 14.8. The molecule has 6 heteroatoms. The molecule has 1 aromatic carbocycles. The van der Waals surface area contributed by atoms with Crippen LogP contribution in [0.25, 0.3) is 0 Å². The zero-order valence-electron chi connectivity index (χ0n) is 11.9. The van der Waals surface area contributed by atoms with E-state index in [-0.39, 0.29) is 6.04 Å². The van der Waals surface area contributed by atoms with E-state index in [0.29, 0.717) is 0 Å². The van der Waals surface area contributed by atoms with E-state index in [1.165, 1.54) is 22.7 Å². The van der Waals surface area contributed by atoms with Crippen molar-refractivity contribution in [3.05, 3.63) is 38.8 Å². The average molecular weight is 368 g/mol. The average Bonchev–Trinajstić information content (AvgIpc) is 3.13. The standard InChI is InChI=1S/C15H18BrN3OS/c1-2-4-17-13(14-9-21-19-18-14)8-11-7-12(16)6-10-3-5-20-15(10)11/h6-7,9,13,17H,2-5,8H2,1H3. The second-order valence-corrected chi connectivity index (χ2v) is 6.72. The van der Waals surface area contributed by atoms with Gasteiger partial charge in [0.25, 0.3) is 0 Å². The van der Waals surface area contributed by atoms with Gasteiger partial charge in [0.1, 0.15) is 5.75 Å². The Labute approximate surface area is 137 Å². The molecule has 112 valence electrons. The zero-order valence-corrected chi connectivity index (χ0v) is 14.3. The van der Waals surface area contributed by atoms with E-state index >= 15 is 0 Å². The van der Waals surface area contributed by atoms with Gasteiger partial charge < -0.3 is 10.1 Å². The Morgan fingerprint density at radius 2 is 2.38 bits per heavy atom. The second kappa shape index (κ2) is 6.85. The minimum absolute atomic E-state index is 0.186. The summed E-state index contributed by atoms with van der Waals surface area (Å²) in [6.45, 7) is 3.92. The fraction of sp³-hybridized carbons (Fsp3) is 0.467. The molecule has 2 aromatic rings. The minimum Gasteiger partial charge on any atom is -0.493 e. The first-order chi connectivity index (χ1) is 10.3. The molecule has 0 fully saturated rings. The third kappa shape index (κ3) is 3.44. The van der Waals surface area contributed by atoms with Gasteiger partial charge in [-0.2, -0.15) is 0 Å². The van der Waals surface area contributed by atoms with E-state index in [4.69, 9.17) is 4.74 Å². The maximum absolute atomic E-state index is 5.83. The molecule has 4 nitrogen and oxygen atoms in total. The number of aromatic nitrogens is 2. The van der Waals surface area contributed by atoms with Gasteiger partial charge in [-0.3, -0.25) is 0 Å². The molecular formula is C15H18BrN3OS. The van der Waals surface area contributed by atoms with Crippen molar-refractivity contribution < 1.29 is 4.74 Å². The Hall–Kier alpha value is -0.980. The topological polar surface area (TPSA) is 47.0 Å². The summed E-state index contributed by atoms with van der Waals surface area (Å²) in [6.07, 6.45) is 2.96. The number of halogens is 1. The number of hydrogen-bond donors (Lipinski definition) is 1. The van der Waals surface area contributed by atoms with Gasteiger partial charge in [0.15, 0.2) is 0 Å². The number of hydrogen-bond acceptors (Lipinski definition) is 5. The van der Waals surface area contributed by atoms with Gasteiger partial charge in [0, 0.05) is 16.3 Å². The molecule has 2 heterocycles. The smallest absolute Gasteiger partial charge is 0.125 e. The van der Waals surface area contributed by atoms with Crippen molar-refractivity contribution in [3.63, 3.8) is 0 Å². The molecule has 1 unspecified atom stereocenters. The summed E-state index contributed by atoms with van der Waals surface area (Å²) < 4.78 is 10.9. The summed E-state index contributed by atoms with van der Waals surface area (Å²) in [7, 11) is 0. The van der Waals surface area contributed by atoms with E-state index in [9.17, 15) is 0 Å². The van der Waals surface area contributed by atoms with Crippen molar-refractivity contribution in [1.29, 1.82) is 0 Å². The van der Waals surface area contributed by atoms with Crippen LogP contribution >= 0.6 is 27.5 Å². The van der Waals surface area contributed by atoms with Gasteiger partial charge in [-0.25, -0.2) is 0 Å². The number of ether oxygens (including phenoxy) is 1. The van der Waals surface area contributed by atoms with Gasteiger partial charge in [0.2, 0.25) is 0 Å². The van der Waals surface area contributed by atoms with Gasteiger partial charge in [-0.1, -0.05) is 27.3 Å². The molecule has 21 heavy (non-hydrogen) atoms. The van der Waals surface area contributed by atoms with Crippen LogP contribution in [0.4, 0.5) is 0 Å². The summed E-state index contributed by atoms with van der Waals surface area (Å²) in [5.74, 6) is 1.06. The van der Waals surface area contributed by atoms with Gasteiger partial charge in [-0.15, -0.1) is 5.10 Å². The molecule has 0 radical (unpaired) electrons. The molecule has 1 aliphatic rings. The van der Waals surface area contributed by atoms with Crippen LogP contribution in [-0.2, 0) is 12.8 Å². The highest BCUT2D eigenvalue weighted by atomic mass is 79.9. The molecule has 0 saturated carbocycles. The third-order valence-corrected chi connectivity index (χ3v) is 4.60. The predicted octanol–water partition coefficient (Wildman–Crippen LogP) is 3.52. The van der Waals surface area contributed by atoms with Gasteiger partial charge >= 0.3 is 0 Å². The lowest BCUT2D eigenvalue weighted by Gasteiger charge is -2.18. The molecule has 0 spiro atoms. The lowest BCUT2D eigenvalue weighted by atomic mass is 10.00. The van der Waals surface area contributed by atoms with Crippen LogP contribution in [0.1, 0.15) is 36.2 Å².